The lowest BCUT2D eigenvalue weighted by molar-refractivity contribution is -0.137. The van der Waals surface area contributed by atoms with Crippen LogP contribution in [0, 0.1) is 0 Å². The maximum Gasteiger partial charge on any atom is 0.379 e. The Morgan fingerprint density at radius 1 is 1.44 bits per heavy atom. The minimum atomic E-state index is -0.923. The highest BCUT2D eigenvalue weighted by molar-refractivity contribution is 6.41. The van der Waals surface area contributed by atoms with E-state index in [1.54, 1.807) is 6.92 Å². The van der Waals surface area contributed by atoms with Gasteiger partial charge in [0.25, 0.3) is 5.78 Å². The number of ether oxygens (including phenoxy) is 2. The van der Waals surface area contributed by atoms with Crippen LogP contribution in [0.4, 0.5) is 0 Å². The molecule has 0 aliphatic carbocycles. The first-order valence-corrected chi connectivity index (χ1v) is 5.87. The quantitative estimate of drug-likeness (QED) is 0.467. The molecule has 6 heteroatoms. The third kappa shape index (κ3) is 3.70. The van der Waals surface area contributed by atoms with E-state index >= 15 is 0 Å². The molecule has 0 aromatic carbocycles. The molecule has 0 aliphatic heterocycles. The number of nitrogens with zero attached hydrogens (tertiary/aromatic N) is 1. The van der Waals surface area contributed by atoms with Crippen molar-refractivity contribution in [3.8, 4) is 5.88 Å². The maximum atomic E-state index is 11.6. The smallest absolute Gasteiger partial charge is 0.379 e. The molecule has 1 heterocycles. The lowest BCUT2D eigenvalue weighted by Crippen LogP contribution is -2.18. The van der Waals surface area contributed by atoms with Crippen molar-refractivity contribution in [1.29, 1.82) is 0 Å². The number of hydrogen-bond acceptors (Lipinski definition) is 5. The van der Waals surface area contributed by atoms with Crippen LogP contribution in [-0.2, 0) is 9.53 Å². The second kappa shape index (κ2) is 6.35. The third-order valence-corrected chi connectivity index (χ3v) is 2.15. The Morgan fingerprint density at radius 2 is 2.11 bits per heavy atom. The van der Waals surface area contributed by atoms with Crippen LogP contribution in [0.15, 0.2) is 12.3 Å². The number of esters is 1. The summed E-state index contributed by atoms with van der Waals surface area (Å²) in [6, 6.07) is 1.34. The zero-order valence-corrected chi connectivity index (χ0v) is 11.2. The Hall–Kier alpha value is -1.62. The lowest BCUT2D eigenvalue weighted by atomic mass is 10.2. The number of rotatable bonds is 5. The summed E-state index contributed by atoms with van der Waals surface area (Å²) in [5.74, 6) is -1.47. The molecular formula is C12H14ClNO4. The van der Waals surface area contributed by atoms with E-state index in [2.05, 4.69) is 9.72 Å². The summed E-state index contributed by atoms with van der Waals surface area (Å²) < 4.78 is 9.92. The zero-order valence-electron chi connectivity index (χ0n) is 10.4. The largest absolute Gasteiger partial charge is 0.474 e. The number of carbonyl (C=O) groups excluding carboxylic acids is 2. The first kappa shape index (κ1) is 14.4. The topological polar surface area (TPSA) is 65.5 Å². The fraction of sp³-hybridized carbons (Fsp3) is 0.417. The predicted molar refractivity (Wildman–Crippen MR) is 66.0 cm³/mol. The molecule has 1 rings (SSSR count). The van der Waals surface area contributed by atoms with Gasteiger partial charge in [0.05, 0.1) is 12.7 Å². The summed E-state index contributed by atoms with van der Waals surface area (Å²) >= 11 is 5.91. The molecule has 0 atom stereocenters. The van der Waals surface area contributed by atoms with Crippen molar-refractivity contribution in [2.24, 2.45) is 0 Å². The SMILES string of the molecule is CCOC(=O)C(=O)c1cnc(OC(C)C)c(Cl)c1. The van der Waals surface area contributed by atoms with Gasteiger partial charge in [-0.05, 0) is 26.8 Å². The van der Waals surface area contributed by atoms with Crippen LogP contribution >= 0.6 is 11.6 Å². The monoisotopic (exact) mass is 271 g/mol. The number of halogens is 1. The number of Topliss-reactive ketones (excluding diaryl/α,β-unsaturated/α-hetero) is 1. The Morgan fingerprint density at radius 3 is 2.61 bits per heavy atom. The van der Waals surface area contributed by atoms with Crippen LogP contribution in [0.3, 0.4) is 0 Å². The van der Waals surface area contributed by atoms with E-state index in [9.17, 15) is 9.59 Å². The Kier molecular flexibility index (Phi) is 5.09. The molecule has 0 saturated carbocycles. The minimum absolute atomic E-state index is 0.0783. The summed E-state index contributed by atoms with van der Waals surface area (Å²) in [4.78, 5) is 26.7. The van der Waals surface area contributed by atoms with E-state index in [4.69, 9.17) is 16.3 Å². The van der Waals surface area contributed by atoms with E-state index in [-0.39, 0.29) is 29.2 Å². The van der Waals surface area contributed by atoms with Crippen LogP contribution in [0.25, 0.3) is 0 Å². The molecule has 0 saturated heterocycles. The molecule has 0 bridgehead atoms. The predicted octanol–water partition coefficient (Wildman–Crippen LogP) is 2.27. The van der Waals surface area contributed by atoms with Gasteiger partial charge in [0.15, 0.2) is 0 Å². The Balaban J connectivity index is 2.90. The summed E-state index contributed by atoms with van der Waals surface area (Å²) in [6.07, 6.45) is 1.16. The molecule has 5 nitrogen and oxygen atoms in total. The number of aromatic nitrogens is 1. The molecule has 0 spiro atoms. The van der Waals surface area contributed by atoms with Crippen molar-refractivity contribution in [2.45, 2.75) is 26.9 Å². The maximum absolute atomic E-state index is 11.6. The normalized spacial score (nSPS) is 10.3. The van der Waals surface area contributed by atoms with Crippen LogP contribution in [-0.4, -0.2) is 29.4 Å². The summed E-state index contributed by atoms with van der Waals surface area (Å²) in [6.45, 7) is 5.42. The fourth-order valence-electron chi connectivity index (χ4n) is 1.17. The highest BCUT2D eigenvalue weighted by Crippen LogP contribution is 2.23. The molecule has 18 heavy (non-hydrogen) atoms. The van der Waals surface area contributed by atoms with Gasteiger partial charge in [-0.15, -0.1) is 0 Å². The Bertz CT molecular complexity index is 459. The summed E-state index contributed by atoms with van der Waals surface area (Å²) in [5, 5.41) is 0.179. The van der Waals surface area contributed by atoms with E-state index in [1.807, 2.05) is 13.8 Å². The van der Waals surface area contributed by atoms with E-state index in [1.165, 1.54) is 12.3 Å². The first-order valence-electron chi connectivity index (χ1n) is 5.49. The van der Waals surface area contributed by atoms with Gasteiger partial charge in [0.2, 0.25) is 5.88 Å². The van der Waals surface area contributed by atoms with Crippen LogP contribution in [0.2, 0.25) is 5.02 Å². The number of pyridine rings is 1. The van der Waals surface area contributed by atoms with Crippen molar-refractivity contribution in [1.82, 2.24) is 4.98 Å². The molecule has 0 amide bonds. The Labute approximate surface area is 110 Å². The lowest BCUT2D eigenvalue weighted by Gasteiger charge is -2.10. The van der Waals surface area contributed by atoms with Gasteiger partial charge in [-0.2, -0.15) is 0 Å². The van der Waals surface area contributed by atoms with Gasteiger partial charge in [-0.25, -0.2) is 9.78 Å². The fourth-order valence-corrected chi connectivity index (χ4v) is 1.38. The van der Waals surface area contributed by atoms with Crippen LogP contribution in [0.5, 0.6) is 5.88 Å². The highest BCUT2D eigenvalue weighted by Gasteiger charge is 2.19. The molecule has 1 aromatic heterocycles. The van der Waals surface area contributed by atoms with Crippen molar-refractivity contribution in [3.05, 3.63) is 22.8 Å². The molecule has 0 N–H and O–H groups in total. The van der Waals surface area contributed by atoms with Crippen molar-refractivity contribution < 1.29 is 19.1 Å². The number of ketones is 1. The van der Waals surface area contributed by atoms with Gasteiger partial charge in [-0.3, -0.25) is 4.79 Å². The van der Waals surface area contributed by atoms with Gasteiger partial charge in [-0.1, -0.05) is 11.6 Å². The van der Waals surface area contributed by atoms with Gasteiger partial charge >= 0.3 is 5.97 Å². The molecular weight excluding hydrogens is 258 g/mol. The summed E-state index contributed by atoms with van der Waals surface area (Å²) in [7, 11) is 0. The van der Waals surface area contributed by atoms with Crippen LogP contribution in [0.1, 0.15) is 31.1 Å². The second-order valence-electron chi connectivity index (χ2n) is 3.73. The molecule has 0 aliphatic rings. The molecule has 0 radical (unpaired) electrons. The third-order valence-electron chi connectivity index (χ3n) is 1.88. The molecule has 1 aromatic rings. The van der Waals surface area contributed by atoms with Crippen molar-refractivity contribution in [3.63, 3.8) is 0 Å². The standard InChI is InChI=1S/C12H14ClNO4/c1-4-17-12(16)10(15)8-5-9(13)11(14-6-8)18-7(2)3/h5-7H,4H2,1-3H3. The van der Waals surface area contributed by atoms with Crippen molar-refractivity contribution in [2.75, 3.05) is 6.61 Å². The van der Waals surface area contributed by atoms with Crippen molar-refractivity contribution >= 4 is 23.4 Å². The second-order valence-corrected chi connectivity index (χ2v) is 4.13. The highest BCUT2D eigenvalue weighted by atomic mass is 35.5. The molecule has 0 fully saturated rings. The van der Waals surface area contributed by atoms with Crippen LogP contribution < -0.4 is 4.74 Å². The average molecular weight is 272 g/mol. The minimum Gasteiger partial charge on any atom is -0.474 e. The first-order chi connectivity index (χ1) is 8.45. The van der Waals surface area contributed by atoms with E-state index < -0.39 is 11.8 Å². The van der Waals surface area contributed by atoms with E-state index in [0.29, 0.717) is 0 Å². The van der Waals surface area contributed by atoms with Gasteiger partial charge < -0.3 is 9.47 Å². The van der Waals surface area contributed by atoms with Gasteiger partial charge in [0, 0.05) is 11.8 Å². The summed E-state index contributed by atoms with van der Waals surface area (Å²) in [5.41, 5.74) is 0.0783. The van der Waals surface area contributed by atoms with Gasteiger partial charge in [0.1, 0.15) is 5.02 Å². The molecule has 98 valence electrons. The number of carbonyl (C=O) groups is 2. The average Bonchev–Trinajstić information content (AvgIpc) is 2.30. The van der Waals surface area contributed by atoms with E-state index in [0.717, 1.165) is 0 Å². The number of hydrogen-bond donors (Lipinski definition) is 0. The molecule has 0 unspecified atom stereocenters. The zero-order chi connectivity index (χ0) is 13.7.